The van der Waals surface area contributed by atoms with Gasteiger partial charge in [0.05, 0.1) is 21.6 Å². The number of nitrogens with zero attached hydrogens (tertiary/aromatic N) is 2. The topological polar surface area (TPSA) is 101 Å². The number of hydrogen-bond donors (Lipinski definition) is 3. The van der Waals surface area contributed by atoms with Crippen LogP contribution >= 0.6 is 11.3 Å². The normalized spacial score (nSPS) is 14.0. The number of halogens is 1. The molecule has 0 spiro atoms. The fraction of sp³-hybridized carbons (Fsp3) is 0.235. The van der Waals surface area contributed by atoms with E-state index in [0.717, 1.165) is 24.2 Å². The standard InChI is InChI=1S/C17H15FN4O2S/c1-7(23)15-13(19)11-14(9-3-2-4-10(24)12(9)18)21-17(20-8-5-6-8)22-16(11)25-15/h2-4,8,24H,5-6,19H2,1H3,(H,20,21,22). The number of ketones is 1. The summed E-state index contributed by atoms with van der Waals surface area (Å²) < 4.78 is 14.5. The van der Waals surface area contributed by atoms with Crippen LogP contribution in [0.2, 0.25) is 0 Å². The molecule has 4 rings (SSSR count). The van der Waals surface area contributed by atoms with E-state index < -0.39 is 11.6 Å². The number of nitrogen functional groups attached to an aromatic ring is 1. The molecule has 0 radical (unpaired) electrons. The Morgan fingerprint density at radius 2 is 2.16 bits per heavy atom. The van der Waals surface area contributed by atoms with Crippen molar-refractivity contribution in [2.45, 2.75) is 25.8 Å². The molecule has 3 aromatic rings. The monoisotopic (exact) mass is 358 g/mol. The molecule has 0 bridgehead atoms. The summed E-state index contributed by atoms with van der Waals surface area (Å²) >= 11 is 1.16. The van der Waals surface area contributed by atoms with E-state index in [9.17, 15) is 14.3 Å². The summed E-state index contributed by atoms with van der Waals surface area (Å²) in [6.45, 7) is 1.42. The number of carbonyl (C=O) groups is 1. The first-order valence-corrected chi connectivity index (χ1v) is 8.62. The van der Waals surface area contributed by atoms with Crippen molar-refractivity contribution < 1.29 is 14.3 Å². The Balaban J connectivity index is 2.02. The number of nitrogens with two attached hydrogens (primary N) is 1. The van der Waals surface area contributed by atoms with E-state index in [-0.39, 0.29) is 22.7 Å². The molecule has 0 atom stereocenters. The molecular formula is C17H15FN4O2S. The minimum atomic E-state index is -0.783. The third-order valence-corrected chi connectivity index (χ3v) is 5.25. The van der Waals surface area contributed by atoms with Crippen LogP contribution in [0.15, 0.2) is 18.2 Å². The second-order valence-electron chi connectivity index (χ2n) is 6.03. The summed E-state index contributed by atoms with van der Waals surface area (Å²) in [5.74, 6) is -1.07. The molecule has 2 aromatic heterocycles. The second kappa shape index (κ2) is 5.66. The van der Waals surface area contributed by atoms with E-state index in [1.807, 2.05) is 0 Å². The Hall–Kier alpha value is -2.74. The van der Waals surface area contributed by atoms with Crippen LogP contribution in [0.3, 0.4) is 0 Å². The number of aromatic hydroxyl groups is 1. The third-order valence-electron chi connectivity index (χ3n) is 4.05. The van der Waals surface area contributed by atoms with Gasteiger partial charge in [0, 0.05) is 18.5 Å². The quantitative estimate of drug-likeness (QED) is 0.617. The summed E-state index contributed by atoms with van der Waals surface area (Å²) in [4.78, 5) is 21.6. The van der Waals surface area contributed by atoms with Crippen LogP contribution in [0.4, 0.5) is 16.0 Å². The molecule has 1 fully saturated rings. The Morgan fingerprint density at radius 3 is 2.84 bits per heavy atom. The number of benzene rings is 1. The first-order chi connectivity index (χ1) is 12.0. The molecule has 2 heterocycles. The maximum absolute atomic E-state index is 14.5. The predicted molar refractivity (Wildman–Crippen MR) is 95.5 cm³/mol. The minimum absolute atomic E-state index is 0.117. The Morgan fingerprint density at radius 1 is 1.40 bits per heavy atom. The number of rotatable bonds is 4. The van der Waals surface area contributed by atoms with Crippen LogP contribution in [0.25, 0.3) is 21.5 Å². The number of phenolic OH excluding ortho intramolecular Hbond substituents is 1. The highest BCUT2D eigenvalue weighted by Gasteiger charge is 2.26. The van der Waals surface area contributed by atoms with Crippen molar-refractivity contribution in [3.05, 3.63) is 28.9 Å². The van der Waals surface area contributed by atoms with Gasteiger partial charge in [0.15, 0.2) is 17.3 Å². The lowest BCUT2D eigenvalue weighted by atomic mass is 10.1. The Labute approximate surface area is 146 Å². The Bertz CT molecular complexity index is 1010. The predicted octanol–water partition coefficient (Wildman–Crippen LogP) is 3.56. The van der Waals surface area contributed by atoms with Crippen molar-refractivity contribution in [1.82, 2.24) is 9.97 Å². The number of anilines is 2. The van der Waals surface area contributed by atoms with E-state index in [0.29, 0.717) is 27.1 Å². The molecule has 6 nitrogen and oxygen atoms in total. The van der Waals surface area contributed by atoms with Crippen LogP contribution in [-0.2, 0) is 0 Å². The molecule has 0 amide bonds. The van der Waals surface area contributed by atoms with Crippen molar-refractivity contribution in [2.75, 3.05) is 11.1 Å². The Kier molecular flexibility index (Phi) is 3.57. The zero-order chi connectivity index (χ0) is 17.7. The third kappa shape index (κ3) is 2.68. The second-order valence-corrected chi connectivity index (χ2v) is 7.03. The first kappa shape index (κ1) is 15.8. The highest BCUT2D eigenvalue weighted by Crippen LogP contribution is 2.41. The molecular weight excluding hydrogens is 343 g/mol. The number of thiophene rings is 1. The van der Waals surface area contributed by atoms with Gasteiger partial charge < -0.3 is 16.2 Å². The number of nitrogens with one attached hydrogen (secondary N) is 1. The zero-order valence-corrected chi connectivity index (χ0v) is 14.2. The van der Waals surface area contributed by atoms with E-state index in [4.69, 9.17) is 5.73 Å². The van der Waals surface area contributed by atoms with Crippen molar-refractivity contribution in [3.63, 3.8) is 0 Å². The van der Waals surface area contributed by atoms with Gasteiger partial charge in [-0.25, -0.2) is 14.4 Å². The molecule has 0 aliphatic heterocycles. The van der Waals surface area contributed by atoms with E-state index in [1.54, 1.807) is 0 Å². The molecule has 0 saturated heterocycles. The number of carbonyl (C=O) groups excluding carboxylic acids is 1. The lowest BCUT2D eigenvalue weighted by Gasteiger charge is -2.09. The number of aromatic nitrogens is 2. The summed E-state index contributed by atoms with van der Waals surface area (Å²) in [7, 11) is 0. The van der Waals surface area contributed by atoms with Gasteiger partial charge in [-0.15, -0.1) is 11.3 Å². The van der Waals surface area contributed by atoms with Gasteiger partial charge in [-0.1, -0.05) is 6.07 Å². The number of hydrogen-bond acceptors (Lipinski definition) is 7. The molecule has 8 heteroatoms. The summed E-state index contributed by atoms with van der Waals surface area (Å²) in [6.07, 6.45) is 2.06. The SMILES string of the molecule is CC(=O)c1sc2nc(NC3CC3)nc(-c3cccc(O)c3F)c2c1N. The van der Waals surface area contributed by atoms with Crippen LogP contribution < -0.4 is 11.1 Å². The minimum Gasteiger partial charge on any atom is -0.505 e. The van der Waals surface area contributed by atoms with E-state index in [2.05, 4.69) is 15.3 Å². The number of phenols is 1. The molecule has 128 valence electrons. The van der Waals surface area contributed by atoms with Gasteiger partial charge in [-0.2, -0.15) is 0 Å². The summed E-state index contributed by atoms with van der Waals surface area (Å²) in [5, 5.41) is 13.3. The average Bonchev–Trinajstić information content (AvgIpc) is 3.31. The van der Waals surface area contributed by atoms with Gasteiger partial charge in [-0.3, -0.25) is 4.79 Å². The van der Waals surface area contributed by atoms with Gasteiger partial charge in [0.2, 0.25) is 5.95 Å². The van der Waals surface area contributed by atoms with Gasteiger partial charge >= 0.3 is 0 Å². The van der Waals surface area contributed by atoms with Gasteiger partial charge in [0.1, 0.15) is 4.83 Å². The molecule has 1 aliphatic rings. The highest BCUT2D eigenvalue weighted by atomic mass is 32.1. The lowest BCUT2D eigenvalue weighted by Crippen LogP contribution is -2.06. The molecule has 1 aliphatic carbocycles. The average molecular weight is 358 g/mol. The smallest absolute Gasteiger partial charge is 0.224 e. The molecule has 4 N–H and O–H groups in total. The summed E-state index contributed by atoms with van der Waals surface area (Å²) in [6, 6.07) is 4.62. The van der Waals surface area contributed by atoms with E-state index >= 15 is 0 Å². The van der Waals surface area contributed by atoms with Gasteiger partial charge in [-0.05, 0) is 25.0 Å². The van der Waals surface area contributed by atoms with Crippen molar-refractivity contribution in [2.24, 2.45) is 0 Å². The van der Waals surface area contributed by atoms with Crippen LogP contribution in [-0.4, -0.2) is 26.9 Å². The maximum atomic E-state index is 14.5. The van der Waals surface area contributed by atoms with Crippen LogP contribution in [0.1, 0.15) is 29.4 Å². The van der Waals surface area contributed by atoms with Crippen LogP contribution in [0.5, 0.6) is 5.75 Å². The first-order valence-electron chi connectivity index (χ1n) is 7.81. The summed E-state index contributed by atoms with van der Waals surface area (Å²) in [5.41, 5.74) is 6.76. The molecule has 1 saturated carbocycles. The molecule has 25 heavy (non-hydrogen) atoms. The van der Waals surface area contributed by atoms with Gasteiger partial charge in [0.25, 0.3) is 0 Å². The maximum Gasteiger partial charge on any atom is 0.224 e. The fourth-order valence-electron chi connectivity index (χ4n) is 2.66. The number of Topliss-reactive ketones (excluding diaryl/α,β-unsaturated/α-hetero) is 1. The van der Waals surface area contributed by atoms with Crippen molar-refractivity contribution in [3.8, 4) is 17.0 Å². The lowest BCUT2D eigenvalue weighted by molar-refractivity contribution is 0.102. The molecule has 1 aromatic carbocycles. The van der Waals surface area contributed by atoms with Crippen LogP contribution in [0, 0.1) is 5.82 Å². The number of fused-ring (bicyclic) bond motifs is 1. The van der Waals surface area contributed by atoms with E-state index in [1.165, 1.54) is 25.1 Å². The highest BCUT2D eigenvalue weighted by molar-refractivity contribution is 7.21. The fourth-order valence-corrected chi connectivity index (χ4v) is 3.65. The zero-order valence-electron chi connectivity index (χ0n) is 13.3. The van der Waals surface area contributed by atoms with Crippen molar-refractivity contribution >= 4 is 39.0 Å². The largest absolute Gasteiger partial charge is 0.505 e. The van der Waals surface area contributed by atoms with Crippen molar-refractivity contribution in [1.29, 1.82) is 0 Å². The molecule has 0 unspecified atom stereocenters.